The van der Waals surface area contributed by atoms with Gasteiger partial charge in [-0.05, 0) is 36.6 Å². The van der Waals surface area contributed by atoms with Crippen LogP contribution in [0.3, 0.4) is 0 Å². The first kappa shape index (κ1) is 15.5. The molecule has 0 saturated carbocycles. The van der Waals surface area contributed by atoms with Gasteiger partial charge in [-0.15, -0.1) is 0 Å². The number of hydrogen-bond donors (Lipinski definition) is 2. The topological polar surface area (TPSA) is 55.9 Å². The van der Waals surface area contributed by atoms with Crippen molar-refractivity contribution in [3.63, 3.8) is 0 Å². The van der Waals surface area contributed by atoms with Gasteiger partial charge in [0.1, 0.15) is 0 Å². The van der Waals surface area contributed by atoms with Crippen LogP contribution >= 0.6 is 27.5 Å². The van der Waals surface area contributed by atoms with E-state index in [1.54, 1.807) is 6.20 Å². The molecule has 1 atom stereocenters. The summed E-state index contributed by atoms with van der Waals surface area (Å²) in [5.41, 5.74) is 5.96. The van der Waals surface area contributed by atoms with Crippen molar-refractivity contribution in [3.05, 3.63) is 50.7 Å². The number of rotatable bonds is 5. The molecule has 0 radical (unpaired) electrons. The van der Waals surface area contributed by atoms with Crippen LogP contribution in [0, 0.1) is 6.92 Å². The lowest BCUT2D eigenvalue weighted by atomic mass is 10.0. The molecule has 6 heteroatoms. The van der Waals surface area contributed by atoms with Crippen molar-refractivity contribution in [2.24, 2.45) is 5.84 Å². The van der Waals surface area contributed by atoms with Crippen molar-refractivity contribution in [1.29, 1.82) is 0 Å². The fraction of sp³-hybridized carbons (Fsp3) is 0.357. The zero-order valence-corrected chi connectivity index (χ0v) is 13.9. The number of nitrogens with one attached hydrogen (secondary N) is 1. The number of hydrogen-bond acceptors (Lipinski definition) is 3. The average Bonchev–Trinajstić information content (AvgIpc) is 2.72. The molecule has 108 valence electrons. The molecule has 0 fully saturated rings. The maximum absolute atomic E-state index is 6.29. The molecule has 0 aliphatic rings. The Bertz CT molecular complexity index is 577. The Labute approximate surface area is 132 Å². The normalized spacial score (nSPS) is 12.7. The van der Waals surface area contributed by atoms with Crippen molar-refractivity contribution >= 4 is 27.5 Å². The molecule has 0 amide bonds. The van der Waals surface area contributed by atoms with E-state index in [1.165, 1.54) is 0 Å². The molecular weight excluding hydrogens is 340 g/mol. The third-order valence-corrected chi connectivity index (χ3v) is 3.86. The third kappa shape index (κ3) is 3.23. The molecule has 4 nitrogen and oxygen atoms in total. The van der Waals surface area contributed by atoms with Gasteiger partial charge in [-0.25, -0.2) is 5.43 Å². The molecule has 0 saturated heterocycles. The fourth-order valence-electron chi connectivity index (χ4n) is 2.31. The molecule has 1 aromatic carbocycles. The van der Waals surface area contributed by atoms with E-state index in [9.17, 15) is 0 Å². The highest BCUT2D eigenvalue weighted by molar-refractivity contribution is 9.10. The number of nitrogens with zero attached hydrogens (tertiary/aromatic N) is 2. The van der Waals surface area contributed by atoms with Crippen LogP contribution in [0.5, 0.6) is 0 Å². The van der Waals surface area contributed by atoms with Gasteiger partial charge in [0, 0.05) is 11.0 Å². The fourth-order valence-corrected chi connectivity index (χ4v) is 3.19. The Morgan fingerprint density at radius 1 is 1.45 bits per heavy atom. The lowest BCUT2D eigenvalue weighted by Crippen LogP contribution is -2.31. The number of aryl methyl sites for hydroxylation is 2. The molecule has 20 heavy (non-hydrogen) atoms. The van der Waals surface area contributed by atoms with Gasteiger partial charge in [0.25, 0.3) is 0 Å². The average molecular weight is 358 g/mol. The predicted molar refractivity (Wildman–Crippen MR) is 85.6 cm³/mol. The van der Waals surface area contributed by atoms with Crippen molar-refractivity contribution in [1.82, 2.24) is 15.2 Å². The Kier molecular flexibility index (Phi) is 5.21. The van der Waals surface area contributed by atoms with Crippen LogP contribution in [0.2, 0.25) is 5.02 Å². The first-order chi connectivity index (χ1) is 9.56. The summed E-state index contributed by atoms with van der Waals surface area (Å²) in [6.07, 6.45) is 2.65. The molecule has 2 rings (SSSR count). The molecule has 1 aromatic heterocycles. The van der Waals surface area contributed by atoms with E-state index in [0.717, 1.165) is 34.3 Å². The highest BCUT2D eigenvalue weighted by Crippen LogP contribution is 2.30. The van der Waals surface area contributed by atoms with Crippen LogP contribution in [0.25, 0.3) is 0 Å². The van der Waals surface area contributed by atoms with E-state index in [-0.39, 0.29) is 6.04 Å². The minimum Gasteiger partial charge on any atom is -0.271 e. The molecule has 0 aliphatic heterocycles. The lowest BCUT2D eigenvalue weighted by Gasteiger charge is -2.19. The second kappa shape index (κ2) is 6.72. The third-order valence-electron chi connectivity index (χ3n) is 3.11. The van der Waals surface area contributed by atoms with E-state index >= 15 is 0 Å². The standard InChI is InChI=1S/C14H18BrClN4/c1-3-4-20-14(12(16)8-18-20)13(19-17)10-5-9(2)6-11(15)7-10/h5-8,13,19H,3-4,17H2,1-2H3. The largest absolute Gasteiger partial charge is 0.271 e. The number of nitrogens with two attached hydrogens (primary N) is 1. The van der Waals surface area contributed by atoms with E-state index in [0.29, 0.717) is 5.02 Å². The van der Waals surface area contributed by atoms with Crippen LogP contribution in [0.15, 0.2) is 28.9 Å². The van der Waals surface area contributed by atoms with Gasteiger partial charge in [0.15, 0.2) is 0 Å². The molecule has 0 aliphatic carbocycles. The zero-order chi connectivity index (χ0) is 14.7. The SMILES string of the molecule is CCCn1ncc(Cl)c1C(NN)c1cc(C)cc(Br)c1. The Balaban J connectivity index is 2.49. The smallest absolute Gasteiger partial charge is 0.0893 e. The molecule has 0 spiro atoms. The number of halogens is 2. The van der Waals surface area contributed by atoms with Crippen LogP contribution < -0.4 is 11.3 Å². The van der Waals surface area contributed by atoms with Crippen LogP contribution in [0.1, 0.15) is 36.2 Å². The minimum atomic E-state index is -0.187. The number of benzene rings is 1. The predicted octanol–water partition coefficient (Wildman–Crippen LogP) is 3.57. The Hall–Kier alpha value is -0.880. The zero-order valence-electron chi connectivity index (χ0n) is 11.5. The summed E-state index contributed by atoms with van der Waals surface area (Å²) in [5, 5.41) is 4.95. The highest BCUT2D eigenvalue weighted by atomic mass is 79.9. The summed E-state index contributed by atoms with van der Waals surface area (Å²) in [4.78, 5) is 0. The van der Waals surface area contributed by atoms with E-state index in [1.807, 2.05) is 17.7 Å². The van der Waals surface area contributed by atoms with Gasteiger partial charge in [-0.2, -0.15) is 5.10 Å². The quantitative estimate of drug-likeness (QED) is 0.635. The summed E-state index contributed by atoms with van der Waals surface area (Å²) in [5.74, 6) is 5.77. The molecule has 1 heterocycles. The molecule has 0 bridgehead atoms. The first-order valence-corrected chi connectivity index (χ1v) is 7.68. The first-order valence-electron chi connectivity index (χ1n) is 6.51. The summed E-state index contributed by atoms with van der Waals surface area (Å²) < 4.78 is 2.92. The van der Waals surface area contributed by atoms with Gasteiger partial charge >= 0.3 is 0 Å². The second-order valence-electron chi connectivity index (χ2n) is 4.76. The molecule has 3 N–H and O–H groups in total. The van der Waals surface area contributed by atoms with Gasteiger partial charge in [-0.1, -0.05) is 40.5 Å². The Morgan fingerprint density at radius 3 is 2.80 bits per heavy atom. The highest BCUT2D eigenvalue weighted by Gasteiger charge is 2.21. The second-order valence-corrected chi connectivity index (χ2v) is 6.09. The Morgan fingerprint density at radius 2 is 2.20 bits per heavy atom. The van der Waals surface area contributed by atoms with Gasteiger partial charge in [0.2, 0.25) is 0 Å². The molecule has 1 unspecified atom stereocenters. The monoisotopic (exact) mass is 356 g/mol. The summed E-state index contributed by atoms with van der Waals surface area (Å²) in [7, 11) is 0. The van der Waals surface area contributed by atoms with Crippen molar-refractivity contribution < 1.29 is 0 Å². The number of aromatic nitrogens is 2. The van der Waals surface area contributed by atoms with Crippen LogP contribution in [0.4, 0.5) is 0 Å². The van der Waals surface area contributed by atoms with Crippen LogP contribution in [-0.2, 0) is 6.54 Å². The lowest BCUT2D eigenvalue weighted by molar-refractivity contribution is 0.521. The van der Waals surface area contributed by atoms with Gasteiger partial charge < -0.3 is 0 Å². The van der Waals surface area contributed by atoms with Gasteiger partial charge in [-0.3, -0.25) is 10.5 Å². The van der Waals surface area contributed by atoms with Gasteiger partial charge in [0.05, 0.1) is 23.0 Å². The van der Waals surface area contributed by atoms with E-state index < -0.39 is 0 Å². The summed E-state index contributed by atoms with van der Waals surface area (Å²) in [6, 6.07) is 6.00. The summed E-state index contributed by atoms with van der Waals surface area (Å²) >= 11 is 9.81. The van der Waals surface area contributed by atoms with Crippen molar-refractivity contribution in [2.45, 2.75) is 32.9 Å². The number of hydrazine groups is 1. The van der Waals surface area contributed by atoms with E-state index in [2.05, 4.69) is 45.5 Å². The van der Waals surface area contributed by atoms with Crippen molar-refractivity contribution in [3.8, 4) is 0 Å². The molecule has 2 aromatic rings. The minimum absolute atomic E-state index is 0.187. The molecular formula is C14H18BrClN4. The maximum atomic E-state index is 6.29. The van der Waals surface area contributed by atoms with E-state index in [4.69, 9.17) is 17.4 Å². The summed E-state index contributed by atoms with van der Waals surface area (Å²) in [6.45, 7) is 4.97. The van der Waals surface area contributed by atoms with Crippen LogP contribution in [-0.4, -0.2) is 9.78 Å². The maximum Gasteiger partial charge on any atom is 0.0893 e. The van der Waals surface area contributed by atoms with Crippen molar-refractivity contribution in [2.75, 3.05) is 0 Å².